The molecule has 0 aromatic heterocycles. The Morgan fingerprint density at radius 3 is 2.21 bits per heavy atom. The fraction of sp³-hybridized carbons (Fsp3) is 0.739. The van der Waals surface area contributed by atoms with Crippen molar-refractivity contribution in [3.63, 3.8) is 0 Å². The number of aliphatic carboxylic acids is 2. The van der Waals surface area contributed by atoms with Crippen LogP contribution < -0.4 is 16.4 Å². The fourth-order valence-electron chi connectivity index (χ4n) is 2.98. The average molecular weight is 488 g/mol. The monoisotopic (exact) mass is 487 g/mol. The molecular formula is C23H41N3O6S. The highest BCUT2D eigenvalue weighted by molar-refractivity contribution is 7.99. The molecule has 0 heterocycles. The molecule has 9 nitrogen and oxygen atoms in total. The third kappa shape index (κ3) is 19.1. The number of unbranched alkanes of at least 4 members (excludes halogenated alkanes) is 8. The number of carbonyl (C=O) groups excluding carboxylic acids is 2. The molecule has 0 saturated carbocycles. The lowest BCUT2D eigenvalue weighted by molar-refractivity contribution is -0.139. The average Bonchev–Trinajstić information content (AvgIpc) is 2.77. The third-order valence-corrected chi connectivity index (χ3v) is 5.95. The molecule has 0 fully saturated rings. The number of thioether (sulfide) groups is 1. The first-order chi connectivity index (χ1) is 15.8. The minimum atomic E-state index is -1.20. The zero-order chi connectivity index (χ0) is 24.9. The molecule has 10 heteroatoms. The zero-order valence-electron chi connectivity index (χ0n) is 19.7. The number of rotatable bonds is 21. The first-order valence-electron chi connectivity index (χ1n) is 11.8. The van der Waals surface area contributed by atoms with Crippen molar-refractivity contribution in [1.29, 1.82) is 0 Å². The molecule has 2 unspecified atom stereocenters. The van der Waals surface area contributed by atoms with Crippen LogP contribution in [0.4, 0.5) is 0 Å². The maximum Gasteiger partial charge on any atom is 0.322 e. The van der Waals surface area contributed by atoms with E-state index in [1.54, 1.807) is 0 Å². The SMILES string of the molecule is CCCCCCCCCCC=CCSCC(NC(=O)CCC(N)C(=O)O)C(=O)NCC(=O)O. The number of nitrogens with two attached hydrogens (primary N) is 1. The molecule has 0 saturated heterocycles. The summed E-state index contributed by atoms with van der Waals surface area (Å²) in [6, 6.07) is -2.07. The summed E-state index contributed by atoms with van der Waals surface area (Å²) in [7, 11) is 0. The number of hydrogen-bond acceptors (Lipinski definition) is 6. The molecule has 0 aliphatic carbocycles. The van der Waals surface area contributed by atoms with Gasteiger partial charge in [0.2, 0.25) is 11.8 Å². The van der Waals surface area contributed by atoms with Crippen molar-refractivity contribution < 1.29 is 29.4 Å². The highest BCUT2D eigenvalue weighted by atomic mass is 32.2. The molecule has 0 bridgehead atoms. The van der Waals surface area contributed by atoms with E-state index in [0.717, 1.165) is 12.8 Å². The summed E-state index contributed by atoms with van der Waals surface area (Å²) in [6.07, 6.45) is 15.2. The Morgan fingerprint density at radius 1 is 0.970 bits per heavy atom. The van der Waals surface area contributed by atoms with E-state index in [1.165, 1.54) is 56.7 Å². The first-order valence-corrected chi connectivity index (χ1v) is 12.9. The second kappa shape index (κ2) is 20.5. The van der Waals surface area contributed by atoms with Crippen LogP contribution in [-0.2, 0) is 19.2 Å². The Morgan fingerprint density at radius 2 is 1.61 bits per heavy atom. The van der Waals surface area contributed by atoms with Gasteiger partial charge in [-0.05, 0) is 19.3 Å². The Kier molecular flexibility index (Phi) is 19.2. The summed E-state index contributed by atoms with van der Waals surface area (Å²) < 4.78 is 0. The van der Waals surface area contributed by atoms with Crippen molar-refractivity contribution in [1.82, 2.24) is 10.6 Å². The van der Waals surface area contributed by atoms with E-state index in [1.807, 2.05) is 6.08 Å². The van der Waals surface area contributed by atoms with Gasteiger partial charge < -0.3 is 26.6 Å². The minimum absolute atomic E-state index is 0.0563. The summed E-state index contributed by atoms with van der Waals surface area (Å²) in [5.74, 6) is -2.55. The second-order valence-electron chi connectivity index (χ2n) is 7.99. The molecule has 6 N–H and O–H groups in total. The lowest BCUT2D eigenvalue weighted by atomic mass is 10.1. The minimum Gasteiger partial charge on any atom is -0.480 e. The van der Waals surface area contributed by atoms with Gasteiger partial charge in [0.15, 0.2) is 0 Å². The van der Waals surface area contributed by atoms with Gasteiger partial charge in [-0.1, -0.05) is 64.0 Å². The Bertz CT molecular complexity index is 615. The van der Waals surface area contributed by atoms with Gasteiger partial charge in [0.25, 0.3) is 0 Å². The number of carboxylic acid groups (broad SMARTS) is 2. The van der Waals surface area contributed by atoms with Crippen LogP contribution in [0.3, 0.4) is 0 Å². The van der Waals surface area contributed by atoms with Crippen molar-refractivity contribution in [3.8, 4) is 0 Å². The molecule has 33 heavy (non-hydrogen) atoms. The Balaban J connectivity index is 4.24. The van der Waals surface area contributed by atoms with E-state index in [4.69, 9.17) is 15.9 Å². The van der Waals surface area contributed by atoms with E-state index in [-0.39, 0.29) is 18.6 Å². The molecule has 2 atom stereocenters. The van der Waals surface area contributed by atoms with Crippen LogP contribution in [0, 0.1) is 0 Å². The van der Waals surface area contributed by atoms with Crippen molar-refractivity contribution in [3.05, 3.63) is 12.2 Å². The van der Waals surface area contributed by atoms with Crippen LogP contribution in [0.1, 0.15) is 77.6 Å². The van der Waals surface area contributed by atoms with Gasteiger partial charge in [0.1, 0.15) is 18.6 Å². The highest BCUT2D eigenvalue weighted by Crippen LogP contribution is 2.10. The van der Waals surface area contributed by atoms with Crippen LogP contribution in [-0.4, -0.2) is 64.1 Å². The van der Waals surface area contributed by atoms with E-state index in [9.17, 15) is 19.2 Å². The van der Waals surface area contributed by atoms with Crippen LogP contribution in [0.5, 0.6) is 0 Å². The predicted molar refractivity (Wildman–Crippen MR) is 131 cm³/mol. The molecule has 0 aliphatic rings. The van der Waals surface area contributed by atoms with Crippen molar-refractivity contribution >= 4 is 35.5 Å². The number of amides is 2. The lowest BCUT2D eigenvalue weighted by Gasteiger charge is -2.18. The van der Waals surface area contributed by atoms with Crippen LogP contribution in [0.2, 0.25) is 0 Å². The molecule has 0 aromatic rings. The van der Waals surface area contributed by atoms with Gasteiger partial charge in [0, 0.05) is 17.9 Å². The van der Waals surface area contributed by atoms with Gasteiger partial charge in [-0.2, -0.15) is 11.8 Å². The maximum absolute atomic E-state index is 12.2. The number of hydrogen-bond donors (Lipinski definition) is 5. The summed E-state index contributed by atoms with van der Waals surface area (Å²) in [5.41, 5.74) is 5.39. The molecule has 0 aliphatic heterocycles. The smallest absolute Gasteiger partial charge is 0.322 e. The highest BCUT2D eigenvalue weighted by Gasteiger charge is 2.22. The summed E-state index contributed by atoms with van der Waals surface area (Å²) in [5, 5.41) is 22.3. The van der Waals surface area contributed by atoms with E-state index >= 15 is 0 Å². The van der Waals surface area contributed by atoms with Crippen LogP contribution in [0.25, 0.3) is 0 Å². The van der Waals surface area contributed by atoms with Gasteiger partial charge in [-0.25, -0.2) is 0 Å². The topological polar surface area (TPSA) is 159 Å². The van der Waals surface area contributed by atoms with E-state index in [0.29, 0.717) is 5.75 Å². The van der Waals surface area contributed by atoms with Gasteiger partial charge in [-0.15, -0.1) is 0 Å². The summed E-state index contributed by atoms with van der Waals surface area (Å²) >= 11 is 1.45. The quantitative estimate of drug-likeness (QED) is 0.122. The van der Waals surface area contributed by atoms with Crippen LogP contribution >= 0.6 is 11.8 Å². The normalized spacial score (nSPS) is 12.9. The van der Waals surface area contributed by atoms with Crippen molar-refractivity contribution in [2.75, 3.05) is 18.1 Å². The lowest BCUT2D eigenvalue weighted by Crippen LogP contribution is -2.49. The standard InChI is InChI=1S/C23H41N3O6S/c1-2-3-4-5-6-7-8-9-10-11-12-15-33-17-19(22(30)25-16-21(28)29)26-20(27)14-13-18(24)23(31)32/h11-12,18-19H,2-10,13-17,24H2,1H3,(H,25,30)(H,26,27)(H,28,29)(H,31,32). The van der Waals surface area contributed by atoms with Crippen LogP contribution in [0.15, 0.2) is 12.2 Å². The molecule has 0 spiro atoms. The number of allylic oxidation sites excluding steroid dienone is 1. The zero-order valence-corrected chi connectivity index (χ0v) is 20.5. The number of carboxylic acids is 2. The Labute approximate surface area is 201 Å². The van der Waals surface area contributed by atoms with E-state index < -0.39 is 42.4 Å². The largest absolute Gasteiger partial charge is 0.480 e. The van der Waals surface area contributed by atoms with E-state index in [2.05, 4.69) is 23.6 Å². The number of nitrogens with one attached hydrogen (secondary N) is 2. The molecule has 0 rings (SSSR count). The van der Waals surface area contributed by atoms with Gasteiger partial charge in [-0.3, -0.25) is 19.2 Å². The molecule has 190 valence electrons. The first kappa shape index (κ1) is 30.9. The summed E-state index contributed by atoms with van der Waals surface area (Å²) in [6.45, 7) is 1.68. The molecule has 0 aromatic carbocycles. The van der Waals surface area contributed by atoms with Crippen molar-refractivity contribution in [2.24, 2.45) is 5.73 Å². The second-order valence-corrected chi connectivity index (χ2v) is 9.06. The van der Waals surface area contributed by atoms with Gasteiger partial charge >= 0.3 is 11.9 Å². The van der Waals surface area contributed by atoms with Gasteiger partial charge in [0.05, 0.1) is 0 Å². The van der Waals surface area contributed by atoms with Crippen molar-refractivity contribution in [2.45, 2.75) is 89.6 Å². The summed E-state index contributed by atoms with van der Waals surface area (Å²) in [4.78, 5) is 45.8. The maximum atomic E-state index is 12.2. The number of carbonyl (C=O) groups is 4. The third-order valence-electron chi connectivity index (χ3n) is 4.95. The Hall–Kier alpha value is -2.07. The fourth-order valence-corrected chi connectivity index (χ4v) is 3.86. The predicted octanol–water partition coefficient (Wildman–Crippen LogP) is 2.68. The molecule has 0 radical (unpaired) electrons. The molecular weight excluding hydrogens is 446 g/mol. The molecule has 2 amide bonds.